The Morgan fingerprint density at radius 2 is 1.52 bits per heavy atom. The van der Waals surface area contributed by atoms with Gasteiger partial charge in [-0.3, -0.25) is 32.5 Å². The number of fused-ring (bicyclic) bond motifs is 1. The molecule has 1 fully saturated rings. The van der Waals surface area contributed by atoms with E-state index in [1.54, 1.807) is 0 Å². The Bertz CT molecular complexity index is 1930. The number of phosphoric ester groups is 3. The largest absolute Gasteiger partial charge is 0.481 e. The number of anilines is 1. The Labute approximate surface area is 387 Å². The van der Waals surface area contributed by atoms with Crippen molar-refractivity contribution < 1.29 is 80.5 Å². The van der Waals surface area contributed by atoms with Crippen molar-refractivity contribution in [2.24, 2.45) is 5.41 Å². The third-order valence-electron chi connectivity index (χ3n) is 9.75. The molecule has 24 nitrogen and oxygen atoms in total. The number of nitrogens with zero attached hydrogens (tertiary/aromatic N) is 4. The van der Waals surface area contributed by atoms with E-state index in [1.165, 1.54) is 65.2 Å². The minimum Gasteiger partial charge on any atom is -0.386 e. The first-order valence-electron chi connectivity index (χ1n) is 20.6. The maximum absolute atomic E-state index is 12.7. The summed E-state index contributed by atoms with van der Waals surface area (Å²) in [5, 5.41) is 26.6. The van der Waals surface area contributed by atoms with Crippen LogP contribution in [0.4, 0.5) is 5.82 Å². The van der Waals surface area contributed by atoms with Crippen LogP contribution in [0.25, 0.3) is 11.2 Å². The van der Waals surface area contributed by atoms with Crippen LogP contribution in [0, 0.1) is 5.41 Å². The number of amides is 2. The number of carbonyl (C=O) groups excluding carboxylic acids is 3. The molecule has 1 aliphatic heterocycles. The van der Waals surface area contributed by atoms with Crippen LogP contribution >= 0.6 is 35.2 Å². The van der Waals surface area contributed by atoms with Crippen LogP contribution in [0.3, 0.4) is 0 Å². The molecule has 10 N–H and O–H groups in total. The van der Waals surface area contributed by atoms with E-state index in [1.807, 2.05) is 0 Å². The van der Waals surface area contributed by atoms with Gasteiger partial charge in [0.1, 0.15) is 36.3 Å². The number of nitrogen functional groups attached to an aromatic ring is 1. The molecule has 0 saturated carbocycles. The molecule has 7 atom stereocenters. The van der Waals surface area contributed by atoms with Crippen molar-refractivity contribution in [1.82, 2.24) is 30.2 Å². The van der Waals surface area contributed by atoms with Crippen molar-refractivity contribution in [3.8, 4) is 0 Å². The maximum atomic E-state index is 12.7. The average Bonchev–Trinajstić information content (AvgIpc) is 3.76. The van der Waals surface area contributed by atoms with Gasteiger partial charge < -0.3 is 50.9 Å². The van der Waals surface area contributed by atoms with Crippen molar-refractivity contribution in [2.45, 2.75) is 135 Å². The summed E-state index contributed by atoms with van der Waals surface area (Å²) in [6.07, 6.45) is 6.75. The number of thioether (sulfide) groups is 1. The van der Waals surface area contributed by atoms with Crippen LogP contribution in [-0.2, 0) is 50.7 Å². The molecule has 64 heavy (non-hydrogen) atoms. The van der Waals surface area contributed by atoms with Crippen molar-refractivity contribution in [3.63, 3.8) is 0 Å². The van der Waals surface area contributed by atoms with Gasteiger partial charge in [-0.25, -0.2) is 28.6 Å². The van der Waals surface area contributed by atoms with Crippen molar-refractivity contribution >= 4 is 88.0 Å². The van der Waals surface area contributed by atoms with Gasteiger partial charge in [-0.2, -0.15) is 4.31 Å². The van der Waals surface area contributed by atoms with Crippen LogP contribution in [-0.4, -0.2) is 142 Å². The van der Waals surface area contributed by atoms with Crippen LogP contribution in [0.5, 0.6) is 0 Å². The number of carbonyl (C=O) groups is 3. The van der Waals surface area contributed by atoms with Gasteiger partial charge in [0.15, 0.2) is 22.8 Å². The molecule has 2 aromatic heterocycles. The number of rotatable bonds is 31. The quantitative estimate of drug-likeness (QED) is 0.0298. The second kappa shape index (κ2) is 27.8. The standard InChI is InChI=1S/C35H62N7O17P3S.Li/c1-4-5-6-7-8-9-10-11-12-13-14-15-26(44)63-19-18-37-25(43)16-17-38-33(47)30(46)35(2,3)21-56-62(53,54)59-61(51,52)55-20-24-29(58-60(48,49)50)28(45)34(57-24)42-23-41-27-31(36)39-22-40-32(27)42;/h22-24,28-30,34,45-46H,4-21H2,1-3H3,(H,37,43)(H,38,47)(H,51,52)(H,53,54)(H2,36,39,40)(H2,48,49,50);/t24-,28-,29-,30+,34-;/m1./s1. The number of aliphatic hydroxyl groups excluding tert-OH is 2. The maximum Gasteiger partial charge on any atom is 0.481 e. The molecular weight excluding hydrogens is 922 g/mol. The SMILES string of the molecule is CCCCCCCCCCCCCC(=O)SCCNC(=O)CCNC(=O)[C@H](O)C(C)(C)COP(=O)(O)OP(=O)(O)OC[C@H]1O[C@@H](n2cnc3c(N)ncnc32)[C@H](O)[C@@H]1OP(=O)(O)O.[Li]. The average molecular weight is 985 g/mol. The molecule has 0 aromatic carbocycles. The fourth-order valence-corrected chi connectivity index (χ4v) is 9.85. The van der Waals surface area contributed by atoms with E-state index in [4.69, 9.17) is 19.5 Å². The number of hydrogen-bond donors (Lipinski definition) is 9. The smallest absolute Gasteiger partial charge is 0.386 e. The third-order valence-corrected chi connectivity index (χ3v) is 13.8. The molecule has 2 amide bonds. The van der Waals surface area contributed by atoms with Crippen LogP contribution in [0.2, 0.25) is 0 Å². The summed E-state index contributed by atoms with van der Waals surface area (Å²) < 4.78 is 62.3. The number of phosphoric acid groups is 3. The summed E-state index contributed by atoms with van der Waals surface area (Å²) in [4.78, 5) is 88.2. The van der Waals surface area contributed by atoms with Gasteiger partial charge >= 0.3 is 23.5 Å². The first-order valence-corrected chi connectivity index (χ1v) is 26.1. The summed E-state index contributed by atoms with van der Waals surface area (Å²) in [6, 6.07) is 0. The molecule has 1 saturated heterocycles. The second-order valence-electron chi connectivity index (χ2n) is 15.6. The number of aromatic nitrogens is 4. The minimum atomic E-state index is -5.57. The number of ether oxygens (including phenoxy) is 1. The first kappa shape index (κ1) is 58.3. The van der Waals surface area contributed by atoms with Gasteiger partial charge in [0.25, 0.3) is 0 Å². The summed E-state index contributed by atoms with van der Waals surface area (Å²) in [5.41, 5.74) is 4.29. The Morgan fingerprint density at radius 3 is 2.14 bits per heavy atom. The van der Waals surface area contributed by atoms with Crippen LogP contribution < -0.4 is 16.4 Å². The molecule has 2 unspecified atom stereocenters. The Hall–Kier alpha value is -1.84. The summed E-state index contributed by atoms with van der Waals surface area (Å²) >= 11 is 1.15. The number of nitrogens with two attached hydrogens (primary N) is 1. The fraction of sp³-hybridized carbons (Fsp3) is 0.771. The Morgan fingerprint density at radius 1 is 0.906 bits per heavy atom. The zero-order valence-electron chi connectivity index (χ0n) is 36.6. The number of hydrogen-bond acceptors (Lipinski definition) is 18. The number of unbranched alkanes of at least 4 members (excludes halogenated alkanes) is 10. The summed E-state index contributed by atoms with van der Waals surface area (Å²) in [7, 11) is -16.4. The van der Waals surface area contributed by atoms with E-state index in [0.29, 0.717) is 12.2 Å². The zero-order valence-corrected chi connectivity index (χ0v) is 40.1. The van der Waals surface area contributed by atoms with E-state index >= 15 is 0 Å². The molecule has 0 spiro atoms. The monoisotopic (exact) mass is 984 g/mol. The molecule has 361 valence electrons. The van der Waals surface area contributed by atoms with Gasteiger partial charge in [-0.1, -0.05) is 96.7 Å². The predicted octanol–water partition coefficient (Wildman–Crippen LogP) is 2.99. The first-order chi connectivity index (χ1) is 29.6. The molecule has 3 rings (SSSR count). The fourth-order valence-electron chi connectivity index (χ4n) is 6.30. The van der Waals surface area contributed by atoms with Crippen LogP contribution in [0.15, 0.2) is 12.7 Å². The third kappa shape index (κ3) is 20.6. The molecular formula is C35H62LiN7O17P3S. The summed E-state index contributed by atoms with van der Waals surface area (Å²) in [6.45, 7) is 2.79. The Kier molecular flexibility index (Phi) is 25.4. The predicted molar refractivity (Wildman–Crippen MR) is 234 cm³/mol. The van der Waals surface area contributed by atoms with Crippen LogP contribution in [0.1, 0.15) is 110 Å². The van der Waals surface area contributed by atoms with Crippen molar-refractivity contribution in [1.29, 1.82) is 0 Å². The molecule has 0 bridgehead atoms. The van der Waals surface area contributed by atoms with Gasteiger partial charge in [-0.15, -0.1) is 0 Å². The van der Waals surface area contributed by atoms with E-state index in [-0.39, 0.29) is 60.5 Å². The molecule has 2 aromatic rings. The van der Waals surface area contributed by atoms with Gasteiger partial charge in [0.05, 0.1) is 19.5 Å². The van der Waals surface area contributed by atoms with Gasteiger partial charge in [0, 0.05) is 56.0 Å². The van der Waals surface area contributed by atoms with Crippen molar-refractivity contribution in [2.75, 3.05) is 37.8 Å². The molecule has 1 radical (unpaired) electrons. The summed E-state index contributed by atoms with van der Waals surface area (Å²) in [5.74, 6) is -1.02. The van der Waals surface area contributed by atoms with Gasteiger partial charge in [0.2, 0.25) is 11.8 Å². The molecule has 3 heterocycles. The molecule has 1 aliphatic rings. The minimum absolute atomic E-state index is 0. The zero-order chi connectivity index (χ0) is 46.8. The van der Waals surface area contributed by atoms with Gasteiger partial charge in [-0.05, 0) is 6.42 Å². The second-order valence-corrected chi connectivity index (χ2v) is 21.0. The molecule has 29 heteroatoms. The number of nitrogens with one attached hydrogen (secondary N) is 2. The van der Waals surface area contributed by atoms with E-state index in [9.17, 15) is 57.9 Å². The topological polar surface area (TPSA) is 364 Å². The normalized spacial score (nSPS) is 20.3. The molecule has 0 aliphatic carbocycles. The van der Waals surface area contributed by atoms with Crippen molar-refractivity contribution in [3.05, 3.63) is 12.7 Å². The van der Waals surface area contributed by atoms with E-state index in [0.717, 1.165) is 48.2 Å². The number of aliphatic hydroxyl groups is 2. The number of imidazole rings is 1. The van der Waals surface area contributed by atoms with E-state index in [2.05, 4.69) is 41.3 Å². The van der Waals surface area contributed by atoms with E-state index < -0.39 is 84.6 Å². The Balaban J connectivity index is 0.0000141.